The van der Waals surface area contributed by atoms with E-state index in [1.165, 1.54) is 0 Å². The third-order valence-electron chi connectivity index (χ3n) is 4.97. The highest BCUT2D eigenvalue weighted by Gasteiger charge is 2.58. The molecule has 3 heterocycles. The molecule has 0 bridgehead atoms. The number of benzene rings is 2. The fraction of sp³-hybridized carbons (Fsp3) is 0.333. The van der Waals surface area contributed by atoms with Gasteiger partial charge < -0.3 is 23.4 Å². The van der Waals surface area contributed by atoms with E-state index in [-0.39, 0.29) is 24.4 Å². The van der Waals surface area contributed by atoms with Crippen molar-refractivity contribution < 1.29 is 23.4 Å². The first-order valence-corrected chi connectivity index (χ1v) is 8.67. The predicted octanol–water partition coefficient (Wildman–Crippen LogP) is 0.721. The average Bonchev–Trinajstić information content (AvgIpc) is 3.28. The van der Waals surface area contributed by atoms with Crippen LogP contribution in [0.5, 0.6) is 0 Å². The van der Waals surface area contributed by atoms with E-state index in [0.29, 0.717) is 0 Å². The molecule has 5 rings (SSSR count). The Kier molecular flexibility index (Phi) is 3.91. The number of fused-ring (bicyclic) bond motifs is 3. The molecule has 0 saturated carbocycles. The van der Waals surface area contributed by atoms with Crippen LogP contribution in [0.15, 0.2) is 60.7 Å². The molecule has 0 aromatic heterocycles. The van der Waals surface area contributed by atoms with Gasteiger partial charge in [0, 0.05) is 0 Å². The normalized spacial score (nSPS) is 34.0. The minimum absolute atomic E-state index is 0.127. The number of hydrogen-bond acceptors (Lipinski definition) is 5. The van der Waals surface area contributed by atoms with Crippen LogP contribution < -0.4 is 10.9 Å². The summed E-state index contributed by atoms with van der Waals surface area (Å²) >= 11 is 0. The molecule has 7 heteroatoms. The number of rotatable bonds is 2. The first-order valence-electron chi connectivity index (χ1n) is 8.67. The highest BCUT2D eigenvalue weighted by molar-refractivity contribution is 6.62. The van der Waals surface area contributed by atoms with Gasteiger partial charge >= 0.3 is 14.2 Å². The van der Waals surface area contributed by atoms with Crippen LogP contribution in [0.4, 0.5) is 0 Å². The van der Waals surface area contributed by atoms with Gasteiger partial charge in [0.15, 0.2) is 6.29 Å². The molecular weight excluding hydrogens is 318 g/mol. The lowest BCUT2D eigenvalue weighted by atomic mass is 9.79. The van der Waals surface area contributed by atoms with Gasteiger partial charge in [0.1, 0.15) is 6.10 Å². The molecule has 5 atom stereocenters. The van der Waals surface area contributed by atoms with Crippen LogP contribution in [-0.4, -0.2) is 44.9 Å². The van der Waals surface area contributed by atoms with Crippen molar-refractivity contribution in [2.75, 3.05) is 0 Å². The van der Waals surface area contributed by atoms with Crippen LogP contribution in [0.25, 0.3) is 0 Å². The number of ether oxygens (including phenoxy) is 1. The summed E-state index contributed by atoms with van der Waals surface area (Å²) in [6.07, 6.45) is -1.27. The van der Waals surface area contributed by atoms with Gasteiger partial charge in [0.2, 0.25) is 0 Å². The van der Waals surface area contributed by atoms with Gasteiger partial charge in [0.05, 0.1) is 18.3 Å². The van der Waals surface area contributed by atoms with Crippen LogP contribution in [0.1, 0.15) is 6.92 Å². The van der Waals surface area contributed by atoms with Crippen LogP contribution in [0.3, 0.4) is 0 Å². The lowest BCUT2D eigenvalue weighted by Crippen LogP contribution is -2.53. The molecular formula is C18H18B2O5. The van der Waals surface area contributed by atoms with Gasteiger partial charge in [-0.3, -0.25) is 0 Å². The SMILES string of the molecule is CC1OC2OB(c3ccccc3)OC2C2OB(c3ccccc3)OC12. The summed E-state index contributed by atoms with van der Waals surface area (Å²) in [5, 5.41) is 0. The first kappa shape index (κ1) is 15.6. The van der Waals surface area contributed by atoms with Crippen molar-refractivity contribution in [1.82, 2.24) is 0 Å². The molecule has 5 unspecified atom stereocenters. The minimum atomic E-state index is -0.445. The molecule has 0 amide bonds. The second-order valence-corrected chi connectivity index (χ2v) is 6.63. The molecule has 5 nitrogen and oxygen atoms in total. The van der Waals surface area contributed by atoms with E-state index in [9.17, 15) is 0 Å². The molecule has 0 N–H and O–H groups in total. The molecule has 3 fully saturated rings. The monoisotopic (exact) mass is 336 g/mol. The fourth-order valence-corrected chi connectivity index (χ4v) is 3.72. The summed E-state index contributed by atoms with van der Waals surface area (Å²) in [6, 6.07) is 19.8. The molecule has 3 saturated heterocycles. The Morgan fingerprint density at radius 2 is 1.16 bits per heavy atom. The lowest BCUT2D eigenvalue weighted by molar-refractivity contribution is -0.209. The van der Waals surface area contributed by atoms with E-state index in [4.69, 9.17) is 23.4 Å². The van der Waals surface area contributed by atoms with E-state index in [1.54, 1.807) is 0 Å². The zero-order chi connectivity index (χ0) is 16.8. The van der Waals surface area contributed by atoms with Crippen molar-refractivity contribution >= 4 is 25.2 Å². The third-order valence-corrected chi connectivity index (χ3v) is 4.97. The molecule has 2 aromatic rings. The zero-order valence-electron chi connectivity index (χ0n) is 13.9. The molecule has 25 heavy (non-hydrogen) atoms. The van der Waals surface area contributed by atoms with Crippen LogP contribution in [0.2, 0.25) is 0 Å². The van der Waals surface area contributed by atoms with Gasteiger partial charge in [-0.05, 0) is 17.8 Å². The van der Waals surface area contributed by atoms with Crippen LogP contribution >= 0.6 is 0 Å². The Morgan fingerprint density at radius 3 is 1.80 bits per heavy atom. The Morgan fingerprint density at radius 1 is 0.640 bits per heavy atom. The van der Waals surface area contributed by atoms with Crippen molar-refractivity contribution in [1.29, 1.82) is 0 Å². The Bertz CT molecular complexity index is 731. The predicted molar refractivity (Wildman–Crippen MR) is 93.7 cm³/mol. The van der Waals surface area contributed by atoms with Gasteiger partial charge in [-0.25, -0.2) is 0 Å². The Hall–Kier alpha value is -1.63. The summed E-state index contributed by atoms with van der Waals surface area (Å²) in [4.78, 5) is 0. The van der Waals surface area contributed by atoms with Crippen molar-refractivity contribution in [2.24, 2.45) is 0 Å². The van der Waals surface area contributed by atoms with E-state index in [1.807, 2.05) is 67.6 Å². The highest BCUT2D eigenvalue weighted by Crippen LogP contribution is 2.36. The van der Waals surface area contributed by atoms with Crippen molar-refractivity contribution in [2.45, 2.75) is 37.6 Å². The fourth-order valence-electron chi connectivity index (χ4n) is 3.72. The largest absolute Gasteiger partial charge is 0.496 e. The molecule has 0 aliphatic carbocycles. The number of hydrogen-bond donors (Lipinski definition) is 0. The standard InChI is InChI=1S/C18H18B2O5/c1-12-15-16(23-19(22-15)13-8-4-2-5-9-13)17-18(21-12)25-20(24-17)14-10-6-3-7-11-14/h2-12,15-18H,1H3. The maximum Gasteiger partial charge on any atom is 0.496 e. The van der Waals surface area contributed by atoms with Gasteiger partial charge in [0.25, 0.3) is 0 Å². The third kappa shape index (κ3) is 2.72. The van der Waals surface area contributed by atoms with E-state index < -0.39 is 20.5 Å². The second kappa shape index (κ2) is 6.27. The molecule has 2 aromatic carbocycles. The Balaban J connectivity index is 1.38. The maximum atomic E-state index is 6.21. The van der Waals surface area contributed by atoms with E-state index >= 15 is 0 Å². The molecule has 126 valence electrons. The van der Waals surface area contributed by atoms with Crippen molar-refractivity contribution in [3.05, 3.63) is 60.7 Å². The quantitative estimate of drug-likeness (QED) is 0.757. The minimum Gasteiger partial charge on any atom is -0.399 e. The smallest absolute Gasteiger partial charge is 0.399 e. The average molecular weight is 336 g/mol. The van der Waals surface area contributed by atoms with Crippen LogP contribution in [-0.2, 0) is 23.4 Å². The summed E-state index contributed by atoms with van der Waals surface area (Å²) in [6.45, 7) is 1.99. The Labute approximate surface area is 147 Å². The van der Waals surface area contributed by atoms with E-state index in [0.717, 1.165) is 10.9 Å². The maximum absolute atomic E-state index is 6.21. The highest BCUT2D eigenvalue weighted by atomic mass is 16.8. The van der Waals surface area contributed by atoms with Gasteiger partial charge in [-0.15, -0.1) is 0 Å². The topological polar surface area (TPSA) is 46.2 Å². The summed E-state index contributed by atoms with van der Waals surface area (Å²) in [5.41, 5.74) is 1.97. The van der Waals surface area contributed by atoms with Gasteiger partial charge in [-0.1, -0.05) is 60.7 Å². The first-order chi connectivity index (χ1) is 12.3. The summed E-state index contributed by atoms with van der Waals surface area (Å²) < 4.78 is 30.5. The molecule has 0 radical (unpaired) electrons. The van der Waals surface area contributed by atoms with Crippen molar-refractivity contribution in [3.63, 3.8) is 0 Å². The lowest BCUT2D eigenvalue weighted by Gasteiger charge is -2.37. The molecule has 3 aliphatic heterocycles. The van der Waals surface area contributed by atoms with Gasteiger partial charge in [-0.2, -0.15) is 0 Å². The zero-order valence-corrected chi connectivity index (χ0v) is 13.9. The summed E-state index contributed by atoms with van der Waals surface area (Å²) in [7, 11) is -0.845. The molecule has 3 aliphatic rings. The molecule has 0 spiro atoms. The van der Waals surface area contributed by atoms with E-state index in [2.05, 4.69) is 0 Å². The summed E-state index contributed by atoms with van der Waals surface area (Å²) in [5.74, 6) is 0. The second-order valence-electron chi connectivity index (χ2n) is 6.63. The van der Waals surface area contributed by atoms with Crippen LogP contribution in [0, 0.1) is 0 Å². The van der Waals surface area contributed by atoms with Crippen molar-refractivity contribution in [3.8, 4) is 0 Å².